The van der Waals surface area contributed by atoms with Crippen LogP contribution in [0.2, 0.25) is 0 Å². The van der Waals surface area contributed by atoms with E-state index in [9.17, 15) is 67.4 Å². The van der Waals surface area contributed by atoms with Gasteiger partial charge in [-0.2, -0.15) is 25.3 Å². The molecule has 0 saturated heterocycles. The first-order valence-electron chi connectivity index (χ1n) is 24.6. The Morgan fingerprint density at radius 3 is 1.49 bits per heavy atom. The van der Waals surface area contributed by atoms with Gasteiger partial charge in [-0.25, -0.2) is 0 Å². The fourth-order valence-corrected chi connectivity index (χ4v) is 7.27. The third-order valence-corrected chi connectivity index (χ3v) is 11.7. The number of nitrogens with zero attached hydrogens (tertiary/aromatic N) is 1. The van der Waals surface area contributed by atoms with E-state index in [1.807, 2.05) is 0 Å². The second kappa shape index (κ2) is 36.3. The van der Waals surface area contributed by atoms with Crippen LogP contribution in [0, 0.1) is 17.8 Å². The Morgan fingerprint density at radius 1 is 0.532 bits per heavy atom. The second-order valence-corrected chi connectivity index (χ2v) is 19.7. The number of nitrogens with one attached hydrogen (secondary N) is 10. The highest BCUT2D eigenvalue weighted by molar-refractivity contribution is 7.80. The topological polar surface area (TPSA) is 505 Å². The molecule has 32 heteroatoms. The Labute approximate surface area is 457 Å². The van der Waals surface area contributed by atoms with Gasteiger partial charge in [0.15, 0.2) is 5.96 Å². The molecule has 0 saturated carbocycles. The van der Waals surface area contributed by atoms with E-state index in [1.54, 1.807) is 41.5 Å². The standard InChI is InChI=1S/C45H80N16O14S2/c1-20(2)13-27(38(69)52-16-33(67)59-36(23(7)63)44(75)58-29(19-77)40(71)56-26(10-11-30(47)64)39(70)54-24(17-62)14-31(48)65)57-43(74)35(22(5)6)61-41(72)28(18-76)55-32(66)15-53-42(73)34(21(3)4)60-37(68)25(46)9-8-12-51-45(49)50/h17,20-29,34-36,63,76-77H,8-16,18-19,46H2,1-7H3,(H2,47,64)(H2,48,65)(H,52,69)(H,53,73)(H,54,70)(H,55,66)(H,56,71)(H,57,74)(H,58,75)(H,59,67)(H,60,68)(H,61,72)(H4,49,50,51)/t23-,24+,25+,26+,27+,28+,29+,34+,35+,36+/m1/s1. The first-order valence-corrected chi connectivity index (χ1v) is 25.8. The second-order valence-electron chi connectivity index (χ2n) is 19.0. The van der Waals surface area contributed by atoms with E-state index in [0.717, 1.165) is 6.92 Å². The number of aliphatic hydroxyl groups excluding tert-OH is 1. The smallest absolute Gasteiger partial charge is 0.245 e. The summed E-state index contributed by atoms with van der Waals surface area (Å²) in [6.07, 6.45) is -2.05. The molecule has 0 aliphatic carbocycles. The number of guanidine groups is 1. The molecular weight excluding hydrogens is 1050 g/mol. The van der Waals surface area contributed by atoms with Crippen molar-refractivity contribution < 1.29 is 67.4 Å². The lowest BCUT2D eigenvalue weighted by Gasteiger charge is -2.28. The summed E-state index contributed by atoms with van der Waals surface area (Å²) in [4.78, 5) is 170. The number of amides is 12. The zero-order valence-corrected chi connectivity index (χ0v) is 46.1. The van der Waals surface area contributed by atoms with Crippen LogP contribution in [0.15, 0.2) is 4.99 Å². The molecule has 21 N–H and O–H groups in total. The molecule has 0 radical (unpaired) electrons. The molecular formula is C45H80N16O14S2. The maximum absolute atomic E-state index is 13.7. The number of hydrogen-bond acceptors (Lipinski definition) is 18. The fourth-order valence-electron chi connectivity index (χ4n) is 6.75. The number of nitrogens with two attached hydrogens (primary N) is 5. The van der Waals surface area contributed by atoms with Crippen molar-refractivity contribution in [2.45, 2.75) is 147 Å². The molecule has 0 heterocycles. The van der Waals surface area contributed by atoms with Gasteiger partial charge in [0.25, 0.3) is 0 Å². The summed E-state index contributed by atoms with van der Waals surface area (Å²) in [5, 5.41) is 34.4. The fraction of sp³-hybridized carbons (Fsp3) is 0.689. The van der Waals surface area contributed by atoms with Crippen LogP contribution in [-0.4, -0.2) is 180 Å². The van der Waals surface area contributed by atoms with Gasteiger partial charge in [-0.1, -0.05) is 41.5 Å². The Morgan fingerprint density at radius 2 is 1.00 bits per heavy atom. The zero-order valence-electron chi connectivity index (χ0n) is 44.3. The molecule has 0 aromatic heterocycles. The zero-order chi connectivity index (χ0) is 59.3. The number of aliphatic imine (C=N–C) groups is 1. The Hall–Kier alpha value is -6.80. The Kier molecular flexibility index (Phi) is 33.1. The van der Waals surface area contributed by atoms with Crippen molar-refractivity contribution in [1.82, 2.24) is 53.2 Å². The molecule has 0 aliphatic rings. The van der Waals surface area contributed by atoms with Gasteiger partial charge in [0, 0.05) is 24.5 Å². The maximum atomic E-state index is 13.7. The molecule has 0 aromatic carbocycles. The van der Waals surface area contributed by atoms with Gasteiger partial charge in [-0.15, -0.1) is 0 Å². The van der Waals surface area contributed by atoms with Gasteiger partial charge in [0.1, 0.15) is 48.6 Å². The van der Waals surface area contributed by atoms with Crippen molar-refractivity contribution in [3.63, 3.8) is 0 Å². The lowest BCUT2D eigenvalue weighted by molar-refractivity contribution is -0.136. The average Bonchev–Trinajstić information content (AvgIpc) is 3.34. The number of hydrogen-bond donors (Lipinski definition) is 18. The highest BCUT2D eigenvalue weighted by Crippen LogP contribution is 2.10. The van der Waals surface area contributed by atoms with Crippen molar-refractivity contribution in [3.05, 3.63) is 0 Å². The number of primary amides is 2. The number of carbonyl (C=O) groups excluding carboxylic acids is 13. The first-order chi connectivity index (χ1) is 35.9. The van der Waals surface area contributed by atoms with Crippen LogP contribution in [0.25, 0.3) is 0 Å². The highest BCUT2D eigenvalue weighted by atomic mass is 32.1. The lowest BCUT2D eigenvalue weighted by atomic mass is 9.99. The predicted molar refractivity (Wildman–Crippen MR) is 286 cm³/mol. The molecule has 0 rings (SSSR count). The molecule has 10 atom stereocenters. The molecule has 0 spiro atoms. The summed E-state index contributed by atoms with van der Waals surface area (Å²) in [6, 6.07) is -12.1. The molecule has 0 unspecified atom stereocenters. The third kappa shape index (κ3) is 28.2. The molecule has 0 fully saturated rings. The summed E-state index contributed by atoms with van der Waals surface area (Å²) in [5.41, 5.74) is 26.9. The highest BCUT2D eigenvalue weighted by Gasteiger charge is 2.35. The lowest BCUT2D eigenvalue weighted by Crippen LogP contribution is -2.61. The van der Waals surface area contributed by atoms with Crippen LogP contribution in [-0.2, 0) is 62.3 Å². The Bertz CT molecular complexity index is 2100. The van der Waals surface area contributed by atoms with E-state index < -0.39 is 175 Å². The quantitative estimate of drug-likeness (QED) is 0.00903. The maximum Gasteiger partial charge on any atom is 0.245 e. The monoisotopic (exact) mass is 1130 g/mol. The van der Waals surface area contributed by atoms with E-state index in [2.05, 4.69) is 83.4 Å². The van der Waals surface area contributed by atoms with Crippen LogP contribution in [0.5, 0.6) is 0 Å². The predicted octanol–water partition coefficient (Wildman–Crippen LogP) is -7.58. The van der Waals surface area contributed by atoms with Crippen LogP contribution in [0.4, 0.5) is 0 Å². The molecule has 12 amide bonds. The van der Waals surface area contributed by atoms with Crippen molar-refractivity contribution in [3.8, 4) is 0 Å². The SMILES string of the molecule is CC(C)C[C@H](NC(=O)[C@@H](NC(=O)[C@H](CS)NC(=O)CNC(=O)[C@@H](NC(=O)[C@@H](N)CCCN=C(N)N)C(C)C)C(C)C)C(=O)NCC(=O)N[C@H](C(=O)N[C@@H](CS)C(=O)N[C@@H](CCC(N)=O)C(=O)N[C@H](C=O)CC(N)=O)[C@@H](C)O. The van der Waals surface area contributed by atoms with Crippen LogP contribution in [0.3, 0.4) is 0 Å². The van der Waals surface area contributed by atoms with Gasteiger partial charge in [-0.3, -0.25) is 62.5 Å². The summed E-state index contributed by atoms with van der Waals surface area (Å²) in [5.74, 6) is -12.5. The van der Waals surface area contributed by atoms with Gasteiger partial charge in [0.2, 0.25) is 70.9 Å². The summed E-state index contributed by atoms with van der Waals surface area (Å²) in [7, 11) is 0. The molecule has 30 nitrogen and oxygen atoms in total. The number of thiol groups is 2. The molecule has 77 heavy (non-hydrogen) atoms. The van der Waals surface area contributed by atoms with E-state index >= 15 is 0 Å². The summed E-state index contributed by atoms with van der Waals surface area (Å²) < 4.78 is 0. The van der Waals surface area contributed by atoms with E-state index in [4.69, 9.17) is 28.7 Å². The number of rotatable bonds is 37. The van der Waals surface area contributed by atoms with Crippen molar-refractivity contribution in [2.75, 3.05) is 31.1 Å². The van der Waals surface area contributed by atoms with E-state index in [-0.39, 0.29) is 49.7 Å². The molecule has 436 valence electrons. The van der Waals surface area contributed by atoms with Crippen molar-refractivity contribution in [2.24, 2.45) is 51.4 Å². The van der Waals surface area contributed by atoms with Crippen LogP contribution in [0.1, 0.15) is 87.0 Å². The summed E-state index contributed by atoms with van der Waals surface area (Å²) >= 11 is 8.25. The van der Waals surface area contributed by atoms with Crippen LogP contribution < -0.4 is 81.8 Å². The molecule has 0 bridgehead atoms. The van der Waals surface area contributed by atoms with Crippen molar-refractivity contribution >= 4 is 108 Å². The molecule has 0 aromatic rings. The largest absolute Gasteiger partial charge is 0.391 e. The number of carbonyl (C=O) groups is 13. The first kappa shape index (κ1) is 70.2. The third-order valence-electron chi connectivity index (χ3n) is 10.9. The minimum Gasteiger partial charge on any atom is -0.391 e. The van der Waals surface area contributed by atoms with E-state index in [1.165, 1.54) is 0 Å². The normalized spacial score (nSPS) is 14.9. The minimum atomic E-state index is -1.74. The van der Waals surface area contributed by atoms with Crippen LogP contribution >= 0.6 is 25.3 Å². The average molecular weight is 1130 g/mol. The number of aldehydes is 1. The van der Waals surface area contributed by atoms with Gasteiger partial charge >= 0.3 is 0 Å². The van der Waals surface area contributed by atoms with Gasteiger partial charge < -0.3 is 91.7 Å². The minimum absolute atomic E-state index is 0.0375. The number of aliphatic hydroxyl groups is 1. The van der Waals surface area contributed by atoms with Gasteiger partial charge in [-0.05, 0) is 50.4 Å². The van der Waals surface area contributed by atoms with E-state index in [0.29, 0.717) is 6.42 Å². The van der Waals surface area contributed by atoms with Crippen molar-refractivity contribution in [1.29, 1.82) is 0 Å². The Balaban J connectivity index is 5.79. The molecule has 0 aliphatic heterocycles. The van der Waals surface area contributed by atoms with Gasteiger partial charge in [0.05, 0.1) is 37.7 Å². The summed E-state index contributed by atoms with van der Waals surface area (Å²) in [6.45, 7) is 10.0.